The third-order valence-corrected chi connectivity index (χ3v) is 3.62. The van der Waals surface area contributed by atoms with E-state index in [1.807, 2.05) is 32.0 Å². The number of benzene rings is 1. The zero-order valence-corrected chi connectivity index (χ0v) is 13.2. The second-order valence-electron chi connectivity index (χ2n) is 6.06. The maximum Gasteiger partial charge on any atom is 0.251 e. The summed E-state index contributed by atoms with van der Waals surface area (Å²) in [6.45, 7) is 4.41. The van der Waals surface area contributed by atoms with Crippen LogP contribution in [-0.4, -0.2) is 16.4 Å². The minimum Gasteiger partial charge on any atom is -0.347 e. The van der Waals surface area contributed by atoms with Gasteiger partial charge in [-0.05, 0) is 44.4 Å². The molecule has 0 aliphatic heterocycles. The lowest BCUT2D eigenvalue weighted by Crippen LogP contribution is -2.43. The van der Waals surface area contributed by atoms with Crippen molar-refractivity contribution in [3.05, 3.63) is 65.5 Å². The van der Waals surface area contributed by atoms with Gasteiger partial charge in [-0.25, -0.2) is 0 Å². The van der Waals surface area contributed by atoms with Crippen molar-refractivity contribution < 1.29 is 4.79 Å². The first kappa shape index (κ1) is 16.2. The highest BCUT2D eigenvalue weighted by atomic mass is 16.1. The van der Waals surface area contributed by atoms with E-state index in [1.54, 1.807) is 18.3 Å². The van der Waals surface area contributed by atoms with Crippen molar-refractivity contribution in [3.8, 4) is 0 Å². The Balaban J connectivity index is 1.96. The lowest BCUT2D eigenvalue weighted by atomic mass is 9.95. The molecule has 4 heteroatoms. The summed E-state index contributed by atoms with van der Waals surface area (Å²) in [6, 6.07) is 13.7. The molecule has 1 amide bonds. The minimum absolute atomic E-state index is 0.0878. The van der Waals surface area contributed by atoms with E-state index in [-0.39, 0.29) is 11.4 Å². The molecule has 0 bridgehead atoms. The highest BCUT2D eigenvalue weighted by molar-refractivity contribution is 5.94. The number of carbonyl (C=O) groups excluding carboxylic acids is 1. The molecule has 1 aromatic heterocycles. The van der Waals surface area contributed by atoms with Crippen LogP contribution < -0.4 is 11.1 Å². The van der Waals surface area contributed by atoms with Crippen LogP contribution in [0.5, 0.6) is 0 Å². The van der Waals surface area contributed by atoms with E-state index in [0.717, 1.165) is 18.5 Å². The van der Waals surface area contributed by atoms with Crippen molar-refractivity contribution in [2.45, 2.75) is 38.8 Å². The van der Waals surface area contributed by atoms with E-state index in [0.29, 0.717) is 12.1 Å². The molecule has 0 atom stereocenters. The van der Waals surface area contributed by atoms with Gasteiger partial charge in [0.2, 0.25) is 0 Å². The van der Waals surface area contributed by atoms with Gasteiger partial charge in [0.1, 0.15) is 0 Å². The van der Waals surface area contributed by atoms with Crippen molar-refractivity contribution >= 4 is 5.91 Å². The Bertz CT molecular complexity index is 623. The molecule has 0 unspecified atom stereocenters. The Morgan fingerprint density at radius 3 is 2.64 bits per heavy atom. The number of pyridine rings is 1. The van der Waals surface area contributed by atoms with Gasteiger partial charge in [0, 0.05) is 23.8 Å². The monoisotopic (exact) mass is 297 g/mol. The molecule has 1 aromatic carbocycles. The van der Waals surface area contributed by atoms with E-state index >= 15 is 0 Å². The number of hydrogen-bond donors (Lipinski definition) is 2. The fourth-order valence-electron chi connectivity index (χ4n) is 2.27. The number of nitrogens with zero attached hydrogens (tertiary/aromatic N) is 1. The molecule has 0 saturated heterocycles. The fourth-order valence-corrected chi connectivity index (χ4v) is 2.27. The fraction of sp³-hybridized carbons (Fsp3) is 0.333. The van der Waals surface area contributed by atoms with Gasteiger partial charge in [-0.2, -0.15) is 0 Å². The summed E-state index contributed by atoms with van der Waals surface area (Å²) in [4.78, 5) is 16.5. The van der Waals surface area contributed by atoms with E-state index < -0.39 is 0 Å². The molecular weight excluding hydrogens is 274 g/mol. The van der Waals surface area contributed by atoms with Crippen LogP contribution in [0.3, 0.4) is 0 Å². The second-order valence-corrected chi connectivity index (χ2v) is 6.06. The van der Waals surface area contributed by atoms with Crippen molar-refractivity contribution in [1.82, 2.24) is 10.3 Å². The highest BCUT2D eigenvalue weighted by Gasteiger charge is 2.21. The van der Waals surface area contributed by atoms with Gasteiger partial charge >= 0.3 is 0 Å². The minimum atomic E-state index is -0.279. The van der Waals surface area contributed by atoms with Crippen molar-refractivity contribution in [2.24, 2.45) is 5.73 Å². The molecule has 22 heavy (non-hydrogen) atoms. The Labute approximate surface area is 131 Å². The third kappa shape index (κ3) is 4.67. The molecule has 0 aliphatic carbocycles. The molecule has 1 heterocycles. The van der Waals surface area contributed by atoms with Crippen LogP contribution in [0, 0.1) is 0 Å². The molecule has 116 valence electrons. The van der Waals surface area contributed by atoms with Crippen LogP contribution in [0.4, 0.5) is 0 Å². The van der Waals surface area contributed by atoms with Gasteiger partial charge < -0.3 is 11.1 Å². The van der Waals surface area contributed by atoms with Crippen LogP contribution in [0.25, 0.3) is 0 Å². The highest BCUT2D eigenvalue weighted by Crippen LogP contribution is 2.15. The Morgan fingerprint density at radius 2 is 1.95 bits per heavy atom. The van der Waals surface area contributed by atoms with Gasteiger partial charge in [-0.1, -0.05) is 30.3 Å². The molecule has 0 saturated carbocycles. The third-order valence-electron chi connectivity index (χ3n) is 3.62. The first-order valence-electron chi connectivity index (χ1n) is 7.51. The zero-order chi connectivity index (χ0) is 16.0. The van der Waals surface area contributed by atoms with Gasteiger partial charge in [-0.15, -0.1) is 0 Å². The first-order chi connectivity index (χ1) is 10.5. The summed E-state index contributed by atoms with van der Waals surface area (Å²) in [5, 5.41) is 3.09. The largest absolute Gasteiger partial charge is 0.347 e. The van der Waals surface area contributed by atoms with Crippen LogP contribution in [-0.2, 0) is 13.0 Å². The average Bonchev–Trinajstić information content (AvgIpc) is 2.54. The summed E-state index contributed by atoms with van der Waals surface area (Å²) in [6.07, 6.45) is 3.42. The second kappa shape index (κ2) is 7.18. The lowest BCUT2D eigenvalue weighted by Gasteiger charge is -2.26. The van der Waals surface area contributed by atoms with Gasteiger partial charge in [0.05, 0.1) is 5.69 Å². The standard InChI is InChI=1S/C18H23N3O/c1-18(2,10-8-14-6-4-3-5-7-14)21-17(22)15-9-11-20-16(12-15)13-19/h3-7,9,11-12H,8,10,13,19H2,1-2H3,(H,21,22). The number of amides is 1. The molecule has 4 nitrogen and oxygen atoms in total. The smallest absolute Gasteiger partial charge is 0.251 e. The summed E-state index contributed by atoms with van der Waals surface area (Å²) in [5.41, 5.74) is 7.88. The van der Waals surface area contributed by atoms with Gasteiger partial charge in [0.15, 0.2) is 0 Å². The number of hydrogen-bond acceptors (Lipinski definition) is 3. The maximum atomic E-state index is 12.4. The number of rotatable bonds is 6. The molecule has 2 aromatic rings. The van der Waals surface area contributed by atoms with E-state index in [1.165, 1.54) is 5.56 Å². The van der Waals surface area contributed by atoms with Crippen molar-refractivity contribution in [3.63, 3.8) is 0 Å². The summed E-state index contributed by atoms with van der Waals surface area (Å²) >= 11 is 0. The predicted octanol–water partition coefficient (Wildman–Crippen LogP) is 2.68. The van der Waals surface area contributed by atoms with E-state index in [9.17, 15) is 4.79 Å². The van der Waals surface area contributed by atoms with Crippen LogP contribution >= 0.6 is 0 Å². The summed E-state index contributed by atoms with van der Waals surface area (Å²) < 4.78 is 0. The molecule has 0 aliphatic rings. The topological polar surface area (TPSA) is 68.0 Å². The Hall–Kier alpha value is -2.20. The van der Waals surface area contributed by atoms with E-state index in [2.05, 4.69) is 22.4 Å². The lowest BCUT2D eigenvalue weighted by molar-refractivity contribution is 0.0909. The molecule has 0 spiro atoms. The number of nitrogens with one attached hydrogen (secondary N) is 1. The molecule has 3 N–H and O–H groups in total. The van der Waals surface area contributed by atoms with Crippen LogP contribution in [0.2, 0.25) is 0 Å². The van der Waals surface area contributed by atoms with Crippen LogP contribution in [0.1, 0.15) is 41.9 Å². The Morgan fingerprint density at radius 1 is 1.23 bits per heavy atom. The maximum absolute atomic E-state index is 12.4. The molecule has 0 radical (unpaired) electrons. The summed E-state index contributed by atoms with van der Waals surface area (Å²) in [7, 11) is 0. The Kier molecular flexibility index (Phi) is 5.28. The number of aromatic nitrogens is 1. The molecule has 2 rings (SSSR count). The SMILES string of the molecule is CC(C)(CCc1ccccc1)NC(=O)c1ccnc(CN)c1. The number of carbonyl (C=O) groups is 1. The van der Waals surface area contributed by atoms with Crippen molar-refractivity contribution in [2.75, 3.05) is 0 Å². The zero-order valence-electron chi connectivity index (χ0n) is 13.2. The average molecular weight is 297 g/mol. The number of nitrogens with two attached hydrogens (primary N) is 1. The normalized spacial score (nSPS) is 11.2. The predicted molar refractivity (Wildman–Crippen MR) is 88.4 cm³/mol. The number of aryl methyl sites for hydroxylation is 1. The van der Waals surface area contributed by atoms with Crippen LogP contribution in [0.15, 0.2) is 48.7 Å². The molecule has 0 fully saturated rings. The molecular formula is C18H23N3O. The van der Waals surface area contributed by atoms with Crippen molar-refractivity contribution in [1.29, 1.82) is 0 Å². The van der Waals surface area contributed by atoms with Gasteiger partial charge in [-0.3, -0.25) is 9.78 Å². The van der Waals surface area contributed by atoms with E-state index in [4.69, 9.17) is 5.73 Å². The quantitative estimate of drug-likeness (QED) is 0.861. The van der Waals surface area contributed by atoms with Gasteiger partial charge in [0.25, 0.3) is 5.91 Å². The summed E-state index contributed by atoms with van der Waals surface area (Å²) in [5.74, 6) is -0.0878. The first-order valence-corrected chi connectivity index (χ1v) is 7.51.